The van der Waals surface area contributed by atoms with Gasteiger partial charge in [0.1, 0.15) is 23.5 Å². The minimum Gasteiger partial charge on any atom is -0.463 e. The van der Waals surface area contributed by atoms with Crippen LogP contribution in [0.2, 0.25) is 0 Å². The van der Waals surface area contributed by atoms with E-state index in [-0.39, 0.29) is 36.3 Å². The number of pyridine rings is 2. The highest BCUT2D eigenvalue weighted by Gasteiger charge is 2.60. The first-order valence-corrected chi connectivity index (χ1v) is 21.4. The van der Waals surface area contributed by atoms with E-state index in [0.29, 0.717) is 47.0 Å². The van der Waals surface area contributed by atoms with Gasteiger partial charge in [-0.15, -0.1) is 24.2 Å². The lowest BCUT2D eigenvalue weighted by atomic mass is 9.69. The van der Waals surface area contributed by atoms with Gasteiger partial charge in [-0.1, -0.05) is 0 Å². The van der Waals surface area contributed by atoms with Crippen LogP contribution in [-0.2, 0) is 40.3 Å². The van der Waals surface area contributed by atoms with E-state index in [1.807, 2.05) is 85.2 Å². The van der Waals surface area contributed by atoms with E-state index in [0.717, 1.165) is 61.0 Å². The second kappa shape index (κ2) is 16.6. The number of fused-ring (bicyclic) bond motifs is 1. The summed E-state index contributed by atoms with van der Waals surface area (Å²) in [5, 5.41) is 6.55. The van der Waals surface area contributed by atoms with Gasteiger partial charge in [0.15, 0.2) is 0 Å². The number of morpholine rings is 1. The molecule has 0 radical (unpaired) electrons. The third-order valence-corrected chi connectivity index (χ3v) is 13.6. The third kappa shape index (κ3) is 7.97. The number of nitrogens with one attached hydrogen (secondary N) is 3. The van der Waals surface area contributed by atoms with Crippen molar-refractivity contribution in [3.8, 4) is 0 Å². The summed E-state index contributed by atoms with van der Waals surface area (Å²) in [5.41, 5.74) is 1.14. The van der Waals surface area contributed by atoms with Crippen molar-refractivity contribution in [2.24, 2.45) is 5.92 Å². The molecule has 0 spiro atoms. The van der Waals surface area contributed by atoms with E-state index in [1.54, 1.807) is 12.4 Å². The summed E-state index contributed by atoms with van der Waals surface area (Å²) in [6.45, 7) is 18.3. The lowest BCUT2D eigenvalue weighted by molar-refractivity contribution is -0.196. The van der Waals surface area contributed by atoms with E-state index < -0.39 is 35.6 Å². The van der Waals surface area contributed by atoms with E-state index in [1.165, 1.54) is 11.8 Å². The number of thioether (sulfide) groups is 1. The Bertz CT molecular complexity index is 2160. The molecule has 3 atom stereocenters. The molecule has 17 heteroatoms. The number of amides is 1. The van der Waals surface area contributed by atoms with Crippen LogP contribution in [0.1, 0.15) is 77.0 Å². The van der Waals surface area contributed by atoms with Gasteiger partial charge in [-0.25, -0.2) is 15.0 Å². The zero-order valence-electron chi connectivity index (χ0n) is 35.1. The molecule has 4 fully saturated rings. The quantitative estimate of drug-likeness (QED) is 0.208. The maximum atomic E-state index is 14.9. The first kappa shape index (κ1) is 43.3. The van der Waals surface area contributed by atoms with Gasteiger partial charge in [-0.3, -0.25) is 9.59 Å². The van der Waals surface area contributed by atoms with Gasteiger partial charge in [0, 0.05) is 89.4 Å². The lowest BCUT2D eigenvalue weighted by Gasteiger charge is -2.39. The number of aromatic amines is 1. The normalized spacial score (nSPS) is 26.5. The standard InChI is InChI=1S/C42H54BN7O7S.ClH/c1-25-19-32(58-8)30(36(51)49-25)24-46-37(52)31-20-29(26-9-10-33(45-21-26)50-15-17-53-18-16-50)34-35(55-42(7,54-34)27-11-13-44-14-12-27)41(31,6)38-47-22-28(23-48-38)43-56-39(2,3)40(4,5)57-43;/h9-10,19-23,27,35,44H,11-18,24H2,1-8H3,(H,46,52)(H,49,51);1H. The van der Waals surface area contributed by atoms with Crippen molar-refractivity contribution in [3.63, 3.8) is 0 Å². The van der Waals surface area contributed by atoms with Gasteiger partial charge in [-0.05, 0) is 98.0 Å². The van der Waals surface area contributed by atoms with Crippen molar-refractivity contribution in [1.82, 2.24) is 30.6 Å². The number of carbonyl (C=O) groups excluding carboxylic acids is 1. The molecule has 0 aromatic carbocycles. The van der Waals surface area contributed by atoms with Crippen LogP contribution in [0.25, 0.3) is 5.57 Å². The second-order valence-electron chi connectivity index (χ2n) is 17.1. The third-order valence-electron chi connectivity index (χ3n) is 12.8. The average Bonchev–Trinajstić information content (AvgIpc) is 3.70. The molecule has 4 aliphatic heterocycles. The number of carbonyl (C=O) groups is 1. The number of rotatable bonds is 9. The van der Waals surface area contributed by atoms with Gasteiger partial charge in [0.05, 0.1) is 29.8 Å². The topological polar surface area (TPSA) is 162 Å². The van der Waals surface area contributed by atoms with Gasteiger partial charge in [0.25, 0.3) is 5.56 Å². The number of piperidine rings is 1. The molecule has 3 aromatic heterocycles. The predicted molar refractivity (Wildman–Crippen MR) is 230 cm³/mol. The molecule has 3 N–H and O–H groups in total. The Morgan fingerprint density at radius 3 is 2.31 bits per heavy atom. The monoisotopic (exact) mass is 847 g/mol. The molecule has 5 aliphatic rings. The molecule has 8 rings (SSSR count). The molecule has 316 valence electrons. The highest BCUT2D eigenvalue weighted by atomic mass is 35.5. The molecule has 3 unspecified atom stereocenters. The average molecular weight is 848 g/mol. The number of ether oxygens (including phenoxy) is 3. The van der Waals surface area contributed by atoms with Crippen LogP contribution in [-0.4, -0.2) is 102 Å². The first-order chi connectivity index (χ1) is 27.6. The number of halogens is 1. The second-order valence-corrected chi connectivity index (χ2v) is 18.0. The van der Waals surface area contributed by atoms with Crippen molar-refractivity contribution >= 4 is 54.0 Å². The van der Waals surface area contributed by atoms with Crippen molar-refractivity contribution in [2.45, 2.75) is 101 Å². The smallest absolute Gasteiger partial charge is 0.463 e. The van der Waals surface area contributed by atoms with Crippen LogP contribution >= 0.6 is 24.2 Å². The molecular weight excluding hydrogens is 793 g/mol. The maximum absolute atomic E-state index is 14.9. The zero-order valence-corrected chi connectivity index (χ0v) is 36.7. The summed E-state index contributed by atoms with van der Waals surface area (Å²) in [6.07, 6.45) is 9.95. The molecule has 1 amide bonds. The van der Waals surface area contributed by atoms with Crippen molar-refractivity contribution in [1.29, 1.82) is 0 Å². The van der Waals surface area contributed by atoms with Gasteiger partial charge < -0.3 is 44.0 Å². The van der Waals surface area contributed by atoms with Gasteiger partial charge in [-0.2, -0.15) is 0 Å². The Labute approximate surface area is 356 Å². The number of allylic oxidation sites excluding steroid dienone is 2. The van der Waals surface area contributed by atoms with E-state index >= 15 is 0 Å². The minimum atomic E-state index is -1.24. The maximum Gasteiger partial charge on any atom is 0.498 e. The van der Waals surface area contributed by atoms with Crippen molar-refractivity contribution in [2.75, 3.05) is 50.5 Å². The number of aryl methyl sites for hydroxylation is 1. The van der Waals surface area contributed by atoms with Crippen molar-refractivity contribution < 1.29 is 28.3 Å². The number of hydrogen-bond donors (Lipinski definition) is 3. The largest absolute Gasteiger partial charge is 0.498 e. The van der Waals surface area contributed by atoms with Crippen LogP contribution in [0.15, 0.2) is 63.9 Å². The highest BCUT2D eigenvalue weighted by Crippen LogP contribution is 2.54. The number of aromatic nitrogens is 4. The van der Waals surface area contributed by atoms with Crippen LogP contribution in [0.4, 0.5) is 5.82 Å². The summed E-state index contributed by atoms with van der Waals surface area (Å²) in [6, 6.07) is 5.93. The fraction of sp³-hybridized carbons (Fsp3) is 0.548. The molecule has 0 bridgehead atoms. The summed E-state index contributed by atoms with van der Waals surface area (Å²) in [7, 11) is -0.668. The van der Waals surface area contributed by atoms with Crippen LogP contribution in [0.3, 0.4) is 0 Å². The molecule has 7 heterocycles. The Kier molecular flexibility index (Phi) is 12.2. The Morgan fingerprint density at radius 1 is 1.00 bits per heavy atom. The van der Waals surface area contributed by atoms with Gasteiger partial charge in [0.2, 0.25) is 11.7 Å². The van der Waals surface area contributed by atoms with Crippen LogP contribution in [0, 0.1) is 12.8 Å². The SMILES string of the molecule is CSc1cc(C)[nH]c(=O)c1CNC(=O)C1=CC(c2ccc(N3CCOCC3)nc2)=C2OC(C)(C3CCNCC3)OC2C1(C)c1ncc(B2OC(C)(C)C(C)(C)O2)cn1.Cl. The van der Waals surface area contributed by atoms with E-state index in [9.17, 15) is 9.59 Å². The molecule has 59 heavy (non-hydrogen) atoms. The molecule has 1 aliphatic carbocycles. The Hall–Kier alpha value is -3.77. The summed E-state index contributed by atoms with van der Waals surface area (Å²) >= 11 is 1.46. The fourth-order valence-electron chi connectivity index (χ4n) is 8.49. The lowest BCUT2D eigenvalue weighted by Crippen LogP contribution is -2.50. The van der Waals surface area contributed by atoms with E-state index in [4.69, 9.17) is 38.5 Å². The van der Waals surface area contributed by atoms with E-state index in [2.05, 4.69) is 20.5 Å². The Balaban J connectivity index is 0.00000528. The molecular formula is C42H55BClN7O7S. The first-order valence-electron chi connectivity index (χ1n) is 20.2. The fourth-order valence-corrected chi connectivity index (χ4v) is 9.19. The number of nitrogens with zero attached hydrogens (tertiary/aromatic N) is 4. The van der Waals surface area contributed by atoms with Crippen LogP contribution < -0.4 is 26.6 Å². The number of anilines is 1. The Morgan fingerprint density at radius 2 is 1.68 bits per heavy atom. The number of hydrogen-bond acceptors (Lipinski definition) is 13. The van der Waals surface area contributed by atoms with Crippen LogP contribution in [0.5, 0.6) is 0 Å². The molecule has 14 nitrogen and oxygen atoms in total. The molecule has 3 aromatic rings. The highest BCUT2D eigenvalue weighted by molar-refractivity contribution is 7.98. The number of H-pyrrole nitrogens is 1. The predicted octanol–water partition coefficient (Wildman–Crippen LogP) is 4.20. The molecule has 0 saturated carbocycles. The van der Waals surface area contributed by atoms with Gasteiger partial charge >= 0.3 is 7.12 Å². The van der Waals surface area contributed by atoms with Crippen molar-refractivity contribution in [3.05, 3.63) is 87.2 Å². The molecule has 4 saturated heterocycles. The summed E-state index contributed by atoms with van der Waals surface area (Å²) < 4.78 is 32.4. The summed E-state index contributed by atoms with van der Waals surface area (Å²) in [5.74, 6) is 0.513. The minimum absolute atomic E-state index is 0. The summed E-state index contributed by atoms with van der Waals surface area (Å²) in [4.78, 5) is 48.7. The zero-order chi connectivity index (χ0) is 41.0.